The van der Waals surface area contributed by atoms with Crippen molar-refractivity contribution in [3.63, 3.8) is 0 Å². The molecule has 0 bridgehead atoms. The van der Waals surface area contributed by atoms with E-state index in [4.69, 9.17) is 11.5 Å². The van der Waals surface area contributed by atoms with Gasteiger partial charge in [-0.2, -0.15) is 35.5 Å². The number of phenolic OH excluding ortho intramolecular Hbond substituents is 2. The van der Waals surface area contributed by atoms with Gasteiger partial charge in [0.2, 0.25) is 0 Å². The summed E-state index contributed by atoms with van der Waals surface area (Å²) in [4.78, 5) is -1.49. The van der Waals surface area contributed by atoms with Crippen LogP contribution < -0.4 is 11.5 Å². The number of aromatic hydroxyl groups is 2. The van der Waals surface area contributed by atoms with Gasteiger partial charge in [0.15, 0.2) is 11.5 Å². The molecule has 0 heterocycles. The van der Waals surface area contributed by atoms with Crippen LogP contribution in [0.1, 0.15) is 34.7 Å². The highest BCUT2D eigenvalue weighted by Gasteiger charge is 2.24. The number of allylic oxidation sites excluding steroid dienone is 1. The summed E-state index contributed by atoms with van der Waals surface area (Å²) < 4.78 is 98.3. The molecule has 6 aromatic carbocycles. The van der Waals surface area contributed by atoms with Crippen LogP contribution in [0.4, 0.5) is 34.1 Å². The van der Waals surface area contributed by atoms with Gasteiger partial charge in [-0.15, -0.1) is 10.2 Å². The maximum absolute atomic E-state index is 11.9. The van der Waals surface area contributed by atoms with E-state index in [1.165, 1.54) is 24.3 Å². The van der Waals surface area contributed by atoms with E-state index >= 15 is 0 Å². The monoisotopic (exact) mass is 862 g/mol. The Bertz CT molecular complexity index is 3130. The largest absolute Gasteiger partial charge is 0.505 e. The van der Waals surface area contributed by atoms with Crippen LogP contribution in [-0.2, 0) is 30.4 Å². The number of aryl methyl sites for hydroxylation is 4. The maximum Gasteiger partial charge on any atom is 0.296 e. The fourth-order valence-electron chi connectivity index (χ4n) is 6.03. The van der Waals surface area contributed by atoms with Crippen molar-refractivity contribution in [2.75, 3.05) is 11.5 Å². The van der Waals surface area contributed by atoms with Gasteiger partial charge >= 0.3 is 0 Å². The number of fused-ring (bicyclic) bond motifs is 2. The summed E-state index contributed by atoms with van der Waals surface area (Å²) in [5.74, 6) is -0.825. The van der Waals surface area contributed by atoms with Crippen molar-refractivity contribution in [2.24, 2.45) is 20.5 Å². The topological polar surface area (TPSA) is 305 Å². The molecule has 0 aliphatic rings. The predicted octanol–water partition coefficient (Wildman–Crippen LogP) is 9.09. The number of phenols is 2. The molecule has 0 radical (unpaired) electrons. The number of nitrogens with zero attached hydrogens (tertiary/aromatic N) is 4. The highest BCUT2D eigenvalue weighted by Crippen LogP contribution is 2.45. The molecule has 0 saturated heterocycles. The number of benzene rings is 6. The van der Waals surface area contributed by atoms with Crippen LogP contribution in [-0.4, -0.2) is 49.1 Å². The average Bonchev–Trinajstić information content (AvgIpc) is 3.11. The predicted molar refractivity (Wildman–Crippen MR) is 224 cm³/mol. The minimum atomic E-state index is -4.82. The van der Waals surface area contributed by atoms with Gasteiger partial charge in [0.1, 0.15) is 21.2 Å². The summed E-state index contributed by atoms with van der Waals surface area (Å²) in [5.41, 5.74) is 16.0. The molecule has 9 N–H and O–H groups in total. The first-order chi connectivity index (χ1) is 27.4. The highest BCUT2D eigenvalue weighted by atomic mass is 32.2. The molecule has 17 nitrogen and oxygen atoms in total. The molecule has 0 aliphatic heterocycles. The van der Waals surface area contributed by atoms with Gasteiger partial charge in [0, 0.05) is 22.1 Å². The quantitative estimate of drug-likeness (QED) is 0.0427. The summed E-state index contributed by atoms with van der Waals surface area (Å²) in [6.45, 7) is 9.07. The maximum atomic E-state index is 11.9. The van der Waals surface area contributed by atoms with Gasteiger partial charge in [0.25, 0.3) is 30.4 Å². The number of nitrogens with two attached hydrogens (primary N) is 2. The molecule has 0 atom stereocenters. The van der Waals surface area contributed by atoms with Gasteiger partial charge in [-0.05, 0) is 128 Å². The van der Waals surface area contributed by atoms with Gasteiger partial charge in [-0.25, -0.2) is 0 Å². The van der Waals surface area contributed by atoms with Crippen molar-refractivity contribution < 1.29 is 49.1 Å². The van der Waals surface area contributed by atoms with Crippen molar-refractivity contribution in [3.8, 4) is 11.5 Å². The highest BCUT2D eigenvalue weighted by molar-refractivity contribution is 7.86. The van der Waals surface area contributed by atoms with Gasteiger partial charge in [-0.1, -0.05) is 30.4 Å². The SMILES string of the molecule is C/C=C/c1ccc(N=Nc2c(S(=O)(=O)O)cc3cc(C)cc(N)c3c2O)cc1S(=O)(=O)O.Cc1ccc(N=Nc2c(C)cc3cc(S(=O)(=O)O)cc(N)c3c2O)cc1C. The minimum absolute atomic E-state index is 0.0141. The number of rotatable bonds is 8. The molecule has 6 aromatic rings. The molecule has 0 amide bonds. The zero-order valence-electron chi connectivity index (χ0n) is 31.9. The Hall–Kier alpha value is -6.29. The van der Waals surface area contributed by atoms with Crippen LogP contribution in [0.2, 0.25) is 0 Å². The Morgan fingerprint density at radius 1 is 0.542 bits per heavy atom. The molecule has 0 spiro atoms. The molecule has 0 fully saturated rings. The van der Waals surface area contributed by atoms with Crippen molar-refractivity contribution in [1.29, 1.82) is 0 Å². The molecule has 0 aliphatic carbocycles. The van der Waals surface area contributed by atoms with Crippen molar-refractivity contribution in [1.82, 2.24) is 0 Å². The van der Waals surface area contributed by atoms with Crippen molar-refractivity contribution >= 4 is 92.1 Å². The summed E-state index contributed by atoms with van der Waals surface area (Å²) in [6.07, 6.45) is 3.03. The number of hydrogen-bond donors (Lipinski definition) is 7. The van der Waals surface area contributed by atoms with Crippen LogP contribution in [0.5, 0.6) is 11.5 Å². The van der Waals surface area contributed by atoms with Gasteiger partial charge in [-0.3, -0.25) is 13.7 Å². The Balaban J connectivity index is 0.000000227. The molecular weight excluding hydrogens is 825 g/mol. The summed E-state index contributed by atoms with van der Waals surface area (Å²) in [5, 5.41) is 38.2. The lowest BCUT2D eigenvalue weighted by molar-refractivity contribution is 0.472. The fourth-order valence-corrected chi connectivity index (χ4v) is 7.94. The first-order valence-corrected chi connectivity index (χ1v) is 21.4. The number of hydrogen-bond acceptors (Lipinski definition) is 14. The third kappa shape index (κ3) is 9.71. The van der Waals surface area contributed by atoms with E-state index in [9.17, 15) is 49.1 Å². The first kappa shape index (κ1) is 43.8. The second kappa shape index (κ2) is 16.5. The third-order valence-electron chi connectivity index (χ3n) is 8.92. The van der Waals surface area contributed by atoms with E-state index in [2.05, 4.69) is 20.5 Å². The Morgan fingerprint density at radius 2 is 1.08 bits per heavy atom. The second-order valence-electron chi connectivity index (χ2n) is 13.3. The van der Waals surface area contributed by atoms with Crippen molar-refractivity contribution in [2.45, 2.75) is 49.3 Å². The van der Waals surface area contributed by atoms with Crippen LogP contribution in [0.25, 0.3) is 27.6 Å². The summed E-state index contributed by atoms with van der Waals surface area (Å²) in [6, 6.07) is 17.6. The lowest BCUT2D eigenvalue weighted by Gasteiger charge is -2.11. The number of azo groups is 2. The molecular formula is C39H38N6O11S3. The zero-order valence-corrected chi connectivity index (χ0v) is 34.4. The molecule has 0 saturated carbocycles. The van der Waals surface area contributed by atoms with E-state index < -0.39 is 51.6 Å². The summed E-state index contributed by atoms with van der Waals surface area (Å²) in [7, 11) is -13.8. The van der Waals surface area contributed by atoms with E-state index in [-0.39, 0.29) is 55.1 Å². The number of anilines is 2. The molecule has 20 heteroatoms. The van der Waals surface area contributed by atoms with E-state index in [0.29, 0.717) is 22.2 Å². The summed E-state index contributed by atoms with van der Waals surface area (Å²) >= 11 is 0. The fraction of sp³-hybridized carbons (Fsp3) is 0.128. The standard InChI is InChI=1S/C20H19N3O7S2.C19H19N3O4S/c1-3-4-12-5-6-14(10-16(12)31(25,26)27)22-23-19-17(32(28,29)30)9-13-7-11(2)8-15(21)18(13)20(19)24;1-10-4-5-14(7-11(10)2)21-22-18-12(3)6-13-8-15(27(24,25)26)9-16(20)17(13)19(18)23/h3-10,24H,21H2,1-2H3,(H,25,26,27)(H,28,29,30);4-9,23H,20H2,1-3H3,(H,24,25,26)/b4-3+,23-22?;. The van der Waals surface area contributed by atoms with Crippen LogP contribution >= 0.6 is 0 Å². The Morgan fingerprint density at radius 3 is 1.66 bits per heavy atom. The Labute approximate surface area is 339 Å². The molecule has 6 rings (SSSR count). The van der Waals surface area contributed by atoms with E-state index in [1.807, 2.05) is 32.0 Å². The van der Waals surface area contributed by atoms with E-state index in [1.54, 1.807) is 45.0 Å². The average molecular weight is 863 g/mol. The Kier molecular flexibility index (Phi) is 12.3. The van der Waals surface area contributed by atoms with Crippen LogP contribution in [0.15, 0.2) is 114 Å². The molecule has 59 heavy (non-hydrogen) atoms. The first-order valence-electron chi connectivity index (χ1n) is 17.1. The van der Waals surface area contributed by atoms with Crippen LogP contribution in [0, 0.1) is 27.7 Å². The second-order valence-corrected chi connectivity index (χ2v) is 17.5. The normalized spacial score (nSPS) is 12.5. The smallest absolute Gasteiger partial charge is 0.296 e. The lowest BCUT2D eigenvalue weighted by atomic mass is 10.0. The van der Waals surface area contributed by atoms with Gasteiger partial charge < -0.3 is 21.7 Å². The minimum Gasteiger partial charge on any atom is -0.505 e. The molecule has 308 valence electrons. The lowest BCUT2D eigenvalue weighted by Crippen LogP contribution is -2.00. The molecule has 0 aromatic heterocycles. The van der Waals surface area contributed by atoms with Crippen molar-refractivity contribution in [3.05, 3.63) is 107 Å². The number of nitrogen functional groups attached to an aromatic ring is 2. The zero-order chi connectivity index (χ0) is 43.8. The third-order valence-corrected chi connectivity index (χ3v) is 11.5. The van der Waals surface area contributed by atoms with E-state index in [0.717, 1.165) is 29.3 Å². The molecule has 0 unspecified atom stereocenters. The van der Waals surface area contributed by atoms with Crippen LogP contribution in [0.3, 0.4) is 0 Å². The van der Waals surface area contributed by atoms with Gasteiger partial charge in [0.05, 0.1) is 16.3 Å².